The zero-order valence-corrected chi connectivity index (χ0v) is 20.8. The van der Waals surface area contributed by atoms with Gasteiger partial charge in [-0.3, -0.25) is 4.90 Å². The highest BCUT2D eigenvalue weighted by molar-refractivity contribution is 6.32. The quantitative estimate of drug-likeness (QED) is 0.414. The number of benzene rings is 2. The Morgan fingerprint density at radius 1 is 0.970 bits per heavy atom. The van der Waals surface area contributed by atoms with Crippen molar-refractivity contribution >= 4 is 23.2 Å². The minimum absolute atomic E-state index is 0.0946. The van der Waals surface area contributed by atoms with Crippen LogP contribution < -0.4 is 14.8 Å². The molecule has 0 saturated carbocycles. The summed E-state index contributed by atoms with van der Waals surface area (Å²) in [6, 6.07) is 13.6. The predicted octanol–water partition coefficient (Wildman–Crippen LogP) is 3.29. The zero-order valence-electron chi connectivity index (χ0n) is 19.3. The number of β-amino-alcohol motifs (C(OH)–C–C–N with tert-alkyl or cyclic N) is 1. The summed E-state index contributed by atoms with van der Waals surface area (Å²) in [7, 11) is 0. The summed E-state index contributed by atoms with van der Waals surface area (Å²) in [4.78, 5) is 2.25. The molecule has 182 valence electrons. The van der Waals surface area contributed by atoms with E-state index in [1.165, 1.54) is 0 Å². The smallest absolute Gasteiger partial charge is 0.138 e. The van der Waals surface area contributed by atoms with Crippen LogP contribution in [0.3, 0.4) is 0 Å². The summed E-state index contributed by atoms with van der Waals surface area (Å²) in [6.07, 6.45) is -1.25. The minimum Gasteiger partial charge on any atom is -0.491 e. The molecule has 2 atom stereocenters. The molecule has 2 aromatic carbocycles. The van der Waals surface area contributed by atoms with Crippen molar-refractivity contribution in [1.29, 1.82) is 0 Å². The van der Waals surface area contributed by atoms with Crippen LogP contribution in [0.5, 0.6) is 11.5 Å². The third-order valence-corrected chi connectivity index (χ3v) is 6.61. The van der Waals surface area contributed by atoms with Gasteiger partial charge in [0.2, 0.25) is 0 Å². The van der Waals surface area contributed by atoms with E-state index in [1.807, 2.05) is 42.5 Å². The Labute approximate surface area is 206 Å². The predicted molar refractivity (Wildman–Crippen MR) is 133 cm³/mol. The van der Waals surface area contributed by atoms with Crippen LogP contribution in [0.4, 0.5) is 0 Å². The molecular formula is C25H34Cl2N2O4. The van der Waals surface area contributed by atoms with Crippen molar-refractivity contribution in [1.82, 2.24) is 10.2 Å². The number of nitrogens with one attached hydrogen (secondary N) is 1. The van der Waals surface area contributed by atoms with Gasteiger partial charge in [-0.25, -0.2) is 0 Å². The SMILES string of the molecule is CC(C)(c1ccc(OC[C@@H](O)CN2CCNCC2)cc1)c1ccc(OC[C@@H](O)CCl)c(Cl)c1. The van der Waals surface area contributed by atoms with E-state index in [2.05, 4.69) is 24.1 Å². The number of alkyl halides is 1. The molecule has 0 aromatic heterocycles. The summed E-state index contributed by atoms with van der Waals surface area (Å²) in [5.41, 5.74) is 1.86. The van der Waals surface area contributed by atoms with Crippen molar-refractivity contribution in [3.8, 4) is 11.5 Å². The molecule has 33 heavy (non-hydrogen) atoms. The maximum Gasteiger partial charge on any atom is 0.138 e. The fraction of sp³-hybridized carbons (Fsp3) is 0.520. The molecule has 0 bridgehead atoms. The second kappa shape index (κ2) is 12.2. The van der Waals surface area contributed by atoms with Gasteiger partial charge in [0.1, 0.15) is 36.9 Å². The number of aliphatic hydroxyl groups is 2. The van der Waals surface area contributed by atoms with Crippen molar-refractivity contribution < 1.29 is 19.7 Å². The van der Waals surface area contributed by atoms with E-state index in [-0.39, 0.29) is 24.5 Å². The first-order valence-electron chi connectivity index (χ1n) is 11.3. The number of ether oxygens (including phenoxy) is 2. The molecule has 2 aromatic rings. The maximum atomic E-state index is 10.3. The molecule has 0 unspecified atom stereocenters. The number of piperazine rings is 1. The van der Waals surface area contributed by atoms with Crippen LogP contribution in [0.2, 0.25) is 5.02 Å². The first-order chi connectivity index (χ1) is 15.8. The number of hydrogen-bond acceptors (Lipinski definition) is 6. The molecule has 0 aliphatic carbocycles. The topological polar surface area (TPSA) is 74.2 Å². The van der Waals surface area contributed by atoms with Gasteiger partial charge in [0.15, 0.2) is 0 Å². The van der Waals surface area contributed by atoms with E-state index >= 15 is 0 Å². The van der Waals surface area contributed by atoms with Gasteiger partial charge in [0.05, 0.1) is 10.9 Å². The third kappa shape index (κ3) is 7.47. The summed E-state index contributed by atoms with van der Waals surface area (Å²) >= 11 is 12.0. The largest absolute Gasteiger partial charge is 0.491 e. The number of rotatable bonds is 11. The average Bonchev–Trinajstić information content (AvgIpc) is 2.82. The average molecular weight is 497 g/mol. The molecule has 0 spiro atoms. The van der Waals surface area contributed by atoms with E-state index in [1.54, 1.807) is 0 Å². The lowest BCUT2D eigenvalue weighted by molar-refractivity contribution is 0.0641. The molecule has 1 fully saturated rings. The lowest BCUT2D eigenvalue weighted by Gasteiger charge is -2.29. The van der Waals surface area contributed by atoms with Crippen molar-refractivity contribution in [2.75, 3.05) is 51.8 Å². The molecule has 0 radical (unpaired) electrons. The van der Waals surface area contributed by atoms with Gasteiger partial charge in [-0.05, 0) is 35.4 Å². The summed E-state index contributed by atoms with van der Waals surface area (Å²) in [5, 5.41) is 23.7. The van der Waals surface area contributed by atoms with Crippen molar-refractivity contribution in [2.45, 2.75) is 31.5 Å². The van der Waals surface area contributed by atoms with Crippen LogP contribution in [-0.4, -0.2) is 79.1 Å². The lowest BCUT2D eigenvalue weighted by atomic mass is 9.78. The van der Waals surface area contributed by atoms with E-state index < -0.39 is 12.2 Å². The van der Waals surface area contributed by atoms with Gasteiger partial charge in [0.25, 0.3) is 0 Å². The van der Waals surface area contributed by atoms with Crippen LogP contribution in [0.15, 0.2) is 42.5 Å². The van der Waals surface area contributed by atoms with Gasteiger partial charge >= 0.3 is 0 Å². The molecule has 1 aliphatic heterocycles. The highest BCUT2D eigenvalue weighted by atomic mass is 35.5. The van der Waals surface area contributed by atoms with E-state index in [9.17, 15) is 10.2 Å². The molecular weight excluding hydrogens is 463 g/mol. The Morgan fingerprint density at radius 2 is 1.61 bits per heavy atom. The third-order valence-electron chi connectivity index (χ3n) is 5.96. The van der Waals surface area contributed by atoms with Crippen molar-refractivity contribution in [3.63, 3.8) is 0 Å². The summed E-state index contributed by atoms with van der Waals surface area (Å²) < 4.78 is 11.4. The number of nitrogens with zero attached hydrogens (tertiary/aromatic N) is 1. The van der Waals surface area contributed by atoms with Crippen molar-refractivity contribution in [3.05, 3.63) is 58.6 Å². The summed E-state index contributed by atoms with van der Waals surface area (Å²) in [5.74, 6) is 1.36. The first-order valence-corrected chi connectivity index (χ1v) is 12.2. The highest BCUT2D eigenvalue weighted by Gasteiger charge is 2.24. The number of halogens is 2. The van der Waals surface area contributed by atoms with Crippen LogP contribution in [0.1, 0.15) is 25.0 Å². The zero-order chi connectivity index (χ0) is 23.8. The molecule has 6 nitrogen and oxygen atoms in total. The Kier molecular flexibility index (Phi) is 9.68. The van der Waals surface area contributed by atoms with E-state index in [4.69, 9.17) is 32.7 Å². The van der Waals surface area contributed by atoms with Crippen molar-refractivity contribution in [2.24, 2.45) is 0 Å². The Bertz CT molecular complexity index is 873. The van der Waals surface area contributed by atoms with Gasteiger partial charge in [-0.1, -0.05) is 43.6 Å². The monoisotopic (exact) mass is 496 g/mol. The molecule has 1 aliphatic rings. The molecule has 3 rings (SSSR count). The first kappa shape index (κ1) is 26.1. The molecule has 8 heteroatoms. The van der Waals surface area contributed by atoms with Crippen LogP contribution in [0.25, 0.3) is 0 Å². The molecule has 3 N–H and O–H groups in total. The lowest BCUT2D eigenvalue weighted by Crippen LogP contribution is -2.47. The molecule has 1 saturated heterocycles. The van der Waals surface area contributed by atoms with Gasteiger partial charge < -0.3 is 25.0 Å². The number of aliphatic hydroxyl groups excluding tert-OH is 2. The molecule has 1 heterocycles. The van der Waals surface area contributed by atoms with Crippen LogP contribution >= 0.6 is 23.2 Å². The summed E-state index contributed by atoms with van der Waals surface area (Å²) in [6.45, 7) is 9.07. The van der Waals surface area contributed by atoms with E-state index in [0.717, 1.165) is 43.1 Å². The minimum atomic E-state index is -0.734. The number of hydrogen-bond donors (Lipinski definition) is 3. The Morgan fingerprint density at radius 3 is 2.24 bits per heavy atom. The fourth-order valence-electron chi connectivity index (χ4n) is 3.81. The maximum absolute atomic E-state index is 10.3. The Balaban J connectivity index is 1.57. The van der Waals surface area contributed by atoms with Gasteiger partial charge in [0, 0.05) is 38.1 Å². The highest BCUT2D eigenvalue weighted by Crippen LogP contribution is 2.36. The van der Waals surface area contributed by atoms with E-state index in [0.29, 0.717) is 17.3 Å². The van der Waals surface area contributed by atoms with Gasteiger partial charge in [-0.2, -0.15) is 0 Å². The molecule has 0 amide bonds. The fourth-order valence-corrected chi connectivity index (χ4v) is 4.13. The Hall–Kier alpha value is -1.54. The second-order valence-electron chi connectivity index (χ2n) is 8.93. The van der Waals surface area contributed by atoms with Crippen LogP contribution in [-0.2, 0) is 5.41 Å². The second-order valence-corrected chi connectivity index (χ2v) is 9.64. The van der Waals surface area contributed by atoms with Crippen LogP contribution in [0, 0.1) is 0 Å². The van der Waals surface area contributed by atoms with Gasteiger partial charge in [-0.15, -0.1) is 11.6 Å². The normalized spacial score (nSPS) is 16.9. The standard InChI is InChI=1S/C25H34Cl2N2O4/c1-25(2,19-5-8-24(23(27)13-19)33-16-20(30)14-26)18-3-6-22(7-4-18)32-17-21(31)15-29-11-9-28-10-12-29/h3-8,13,20-21,28,30-31H,9-12,14-17H2,1-2H3/t20-,21-/m0/s1.